The van der Waals surface area contributed by atoms with Crippen molar-refractivity contribution in [2.45, 2.75) is 13.8 Å². The molecule has 1 aliphatic rings. The molecule has 0 bridgehead atoms. The lowest BCUT2D eigenvalue weighted by molar-refractivity contribution is -0.112. The van der Waals surface area contributed by atoms with E-state index >= 15 is 0 Å². The molecule has 0 unspecified atom stereocenters. The number of benzene rings is 2. The maximum absolute atomic E-state index is 13.0. The molecule has 36 heavy (non-hydrogen) atoms. The summed E-state index contributed by atoms with van der Waals surface area (Å²) in [4.78, 5) is 51.3. The topological polar surface area (TPSA) is 175 Å². The number of ketones is 2. The molecular weight excluding hydrogens is 472 g/mol. The molecule has 0 fully saturated rings. The van der Waals surface area contributed by atoms with Gasteiger partial charge in [0.05, 0.1) is 10.8 Å². The predicted octanol–water partition coefficient (Wildman–Crippen LogP) is 2.96. The number of carbonyl (C=O) groups is 2. The first-order valence-electron chi connectivity index (χ1n) is 10.5. The number of aryl methyl sites for hydroxylation is 2. The average Bonchev–Trinajstić information content (AvgIpc) is 2.82. The van der Waals surface area contributed by atoms with E-state index in [1.807, 2.05) is 0 Å². The number of phenols is 2. The van der Waals surface area contributed by atoms with E-state index in [0.29, 0.717) is 0 Å². The summed E-state index contributed by atoms with van der Waals surface area (Å²) in [5.41, 5.74) is -4.14. The number of hydrogen-bond acceptors (Lipinski definition) is 10. The summed E-state index contributed by atoms with van der Waals surface area (Å²) in [6.45, 7) is 2.93. The van der Waals surface area contributed by atoms with Gasteiger partial charge in [-0.25, -0.2) is 9.59 Å². The molecule has 0 spiro atoms. The molecule has 2 aromatic carbocycles. The first-order valence-corrected chi connectivity index (χ1v) is 10.5. The van der Waals surface area contributed by atoms with E-state index in [1.165, 1.54) is 38.1 Å². The summed E-state index contributed by atoms with van der Waals surface area (Å²) in [7, 11) is 0. The number of carbonyl (C=O) groups excluding carboxylic acids is 2. The van der Waals surface area contributed by atoms with Crippen LogP contribution in [0.15, 0.2) is 54.8 Å². The molecule has 0 saturated carbocycles. The fourth-order valence-corrected chi connectivity index (χ4v) is 4.17. The van der Waals surface area contributed by atoms with Gasteiger partial charge < -0.3 is 29.3 Å². The zero-order chi connectivity index (χ0) is 26.0. The molecule has 10 nitrogen and oxygen atoms in total. The number of rotatable bonds is 2. The lowest BCUT2D eigenvalue weighted by Gasteiger charge is -2.15. The van der Waals surface area contributed by atoms with E-state index < -0.39 is 56.6 Å². The van der Waals surface area contributed by atoms with E-state index in [0.717, 1.165) is 12.2 Å². The van der Waals surface area contributed by atoms with E-state index in [2.05, 4.69) is 0 Å². The highest BCUT2D eigenvalue weighted by Crippen LogP contribution is 2.39. The van der Waals surface area contributed by atoms with E-state index in [-0.39, 0.29) is 44.6 Å². The number of phenolic OH excluding ortho intramolecular Hbond substituents is 2. The summed E-state index contributed by atoms with van der Waals surface area (Å²) in [6.07, 6.45) is 1.52. The molecule has 0 radical (unpaired) electrons. The maximum atomic E-state index is 13.0. The van der Waals surface area contributed by atoms with Gasteiger partial charge in [-0.05, 0) is 50.3 Å². The normalized spacial score (nSPS) is 13.8. The van der Waals surface area contributed by atoms with Crippen LogP contribution in [-0.4, -0.2) is 32.0 Å². The van der Waals surface area contributed by atoms with Crippen LogP contribution < -0.4 is 11.3 Å². The molecule has 2 aromatic heterocycles. The minimum atomic E-state index is -1.12. The molecule has 4 N–H and O–H groups in total. The van der Waals surface area contributed by atoms with Crippen molar-refractivity contribution in [3.05, 3.63) is 79.5 Å². The molecule has 0 saturated heterocycles. The number of allylic oxidation sites excluding steroid dienone is 4. The largest absolute Gasteiger partial charge is 0.508 e. The Labute approximate surface area is 200 Å². The van der Waals surface area contributed by atoms with Gasteiger partial charge in [0.1, 0.15) is 45.3 Å². The fourth-order valence-electron chi connectivity index (χ4n) is 4.17. The van der Waals surface area contributed by atoms with Gasteiger partial charge >= 0.3 is 11.3 Å². The van der Waals surface area contributed by atoms with Gasteiger partial charge in [-0.3, -0.25) is 9.59 Å². The minimum absolute atomic E-state index is 0.0299. The zero-order valence-electron chi connectivity index (χ0n) is 18.7. The molecule has 0 aliphatic heterocycles. The molecule has 5 rings (SSSR count). The van der Waals surface area contributed by atoms with Crippen molar-refractivity contribution in [2.24, 2.45) is 0 Å². The van der Waals surface area contributed by atoms with Crippen molar-refractivity contribution in [1.29, 1.82) is 0 Å². The third-order valence-electron chi connectivity index (χ3n) is 6.16. The van der Waals surface area contributed by atoms with Crippen molar-refractivity contribution < 1.29 is 38.8 Å². The fraction of sp³-hybridized carbons (Fsp3) is 0.0769. The Bertz CT molecular complexity index is 1730. The Morgan fingerprint density at radius 2 is 0.944 bits per heavy atom. The standard InChI is InChI=1S/C26H16O10/c1-9-15(27)5-3-11-21(31)19(25(33)35-23(9)11)13-7-18(30)14(8-17(13)29)20-22(32)12-4-6-16(28)10(2)24(12)36-26(20)34/h3-8,27-28,31-32H,1-2H3. The Morgan fingerprint density at radius 3 is 1.31 bits per heavy atom. The molecule has 2 heterocycles. The van der Waals surface area contributed by atoms with E-state index in [1.54, 1.807) is 0 Å². The zero-order valence-corrected chi connectivity index (χ0v) is 18.7. The first-order chi connectivity index (χ1) is 17.0. The Hall–Kier alpha value is -5.12. The Morgan fingerprint density at radius 1 is 0.583 bits per heavy atom. The molecule has 180 valence electrons. The van der Waals surface area contributed by atoms with Crippen LogP contribution >= 0.6 is 0 Å². The van der Waals surface area contributed by atoms with Crippen LogP contribution in [-0.2, 0) is 9.59 Å². The predicted molar refractivity (Wildman–Crippen MR) is 127 cm³/mol. The highest BCUT2D eigenvalue weighted by molar-refractivity contribution is 6.44. The van der Waals surface area contributed by atoms with Gasteiger partial charge in [-0.1, -0.05) is 0 Å². The second-order valence-electron chi connectivity index (χ2n) is 8.24. The van der Waals surface area contributed by atoms with Crippen LogP contribution in [0.2, 0.25) is 0 Å². The summed E-state index contributed by atoms with van der Waals surface area (Å²) in [5.74, 6) is -3.43. The van der Waals surface area contributed by atoms with Crippen LogP contribution in [0.1, 0.15) is 22.3 Å². The van der Waals surface area contributed by atoms with Gasteiger partial charge in [0.15, 0.2) is 11.6 Å². The van der Waals surface area contributed by atoms with Crippen molar-refractivity contribution in [2.75, 3.05) is 0 Å². The lowest BCUT2D eigenvalue weighted by Crippen LogP contribution is -2.20. The van der Waals surface area contributed by atoms with Crippen molar-refractivity contribution in [3.63, 3.8) is 0 Å². The molecule has 10 heteroatoms. The second kappa shape index (κ2) is 7.70. The van der Waals surface area contributed by atoms with Gasteiger partial charge in [-0.2, -0.15) is 0 Å². The number of aromatic hydroxyl groups is 4. The molecular formula is C26H16O10. The first kappa shape index (κ1) is 22.7. The molecule has 0 amide bonds. The summed E-state index contributed by atoms with van der Waals surface area (Å²) in [5, 5.41) is 41.2. The SMILES string of the molecule is Cc1c(O)ccc2c(O)c(C3=CC(=O)C(c4c(O)c5ccc(O)c(C)c5oc4=O)=CC3=O)c(=O)oc12. The van der Waals surface area contributed by atoms with Crippen LogP contribution in [0.5, 0.6) is 23.0 Å². The third kappa shape index (κ3) is 3.12. The molecule has 0 atom stereocenters. The van der Waals surface area contributed by atoms with Crippen LogP contribution in [0.25, 0.3) is 33.1 Å². The smallest absolute Gasteiger partial charge is 0.348 e. The second-order valence-corrected chi connectivity index (χ2v) is 8.24. The Kier molecular flexibility index (Phi) is 4.85. The summed E-state index contributed by atoms with van der Waals surface area (Å²) < 4.78 is 10.4. The minimum Gasteiger partial charge on any atom is -0.508 e. The average molecular weight is 488 g/mol. The molecule has 4 aromatic rings. The summed E-state index contributed by atoms with van der Waals surface area (Å²) >= 11 is 0. The highest BCUT2D eigenvalue weighted by atomic mass is 16.4. The van der Waals surface area contributed by atoms with Gasteiger partial charge in [0.25, 0.3) is 0 Å². The summed E-state index contributed by atoms with van der Waals surface area (Å²) in [6, 6.07) is 5.11. The highest BCUT2D eigenvalue weighted by Gasteiger charge is 2.31. The van der Waals surface area contributed by atoms with Gasteiger partial charge in [0.2, 0.25) is 0 Å². The van der Waals surface area contributed by atoms with Crippen molar-refractivity contribution in [1.82, 2.24) is 0 Å². The van der Waals surface area contributed by atoms with Crippen molar-refractivity contribution in [3.8, 4) is 23.0 Å². The maximum Gasteiger partial charge on any atom is 0.348 e. The van der Waals surface area contributed by atoms with Gasteiger partial charge in [0, 0.05) is 22.3 Å². The number of hydrogen-bond donors (Lipinski definition) is 4. The van der Waals surface area contributed by atoms with Gasteiger partial charge in [-0.15, -0.1) is 0 Å². The molecule has 1 aliphatic carbocycles. The van der Waals surface area contributed by atoms with Crippen LogP contribution in [0.4, 0.5) is 0 Å². The monoisotopic (exact) mass is 488 g/mol. The third-order valence-corrected chi connectivity index (χ3v) is 6.16. The van der Waals surface area contributed by atoms with Crippen LogP contribution in [0, 0.1) is 13.8 Å². The van der Waals surface area contributed by atoms with Crippen molar-refractivity contribution >= 4 is 44.7 Å². The Balaban J connectivity index is 1.67. The number of fused-ring (bicyclic) bond motifs is 2. The lowest BCUT2D eigenvalue weighted by atomic mass is 9.88. The quantitative estimate of drug-likeness (QED) is 0.242. The van der Waals surface area contributed by atoms with E-state index in [4.69, 9.17) is 8.83 Å². The van der Waals surface area contributed by atoms with Crippen LogP contribution in [0.3, 0.4) is 0 Å². The van der Waals surface area contributed by atoms with E-state index in [9.17, 15) is 39.6 Å².